The molecule has 0 radical (unpaired) electrons. The van der Waals surface area contributed by atoms with Gasteiger partial charge in [-0.25, -0.2) is 4.39 Å². The quantitative estimate of drug-likeness (QED) is 0.616. The van der Waals surface area contributed by atoms with Crippen LogP contribution in [0.1, 0.15) is 18.4 Å². The number of aliphatic hydroxyl groups excluding tert-OH is 1. The molecule has 1 fully saturated rings. The van der Waals surface area contributed by atoms with Crippen molar-refractivity contribution in [2.75, 3.05) is 31.6 Å². The SMILES string of the molecule is OCCN1CCCC(Nc2nnc(-c3ccc(C(F)(F)F)cc3F)c3cccn23)C1. The largest absolute Gasteiger partial charge is 0.416 e. The molecular formula is C20H21F4N5O. The summed E-state index contributed by atoms with van der Waals surface area (Å²) in [7, 11) is 0. The predicted octanol–water partition coefficient (Wildman–Crippen LogP) is 3.42. The van der Waals surface area contributed by atoms with Gasteiger partial charge in [0.25, 0.3) is 0 Å². The molecule has 2 N–H and O–H groups in total. The van der Waals surface area contributed by atoms with Crippen molar-refractivity contribution in [2.45, 2.75) is 25.1 Å². The van der Waals surface area contributed by atoms with E-state index in [1.165, 1.54) is 0 Å². The predicted molar refractivity (Wildman–Crippen MR) is 104 cm³/mol. The number of hydrogen-bond donors (Lipinski definition) is 2. The molecule has 1 aromatic carbocycles. The van der Waals surface area contributed by atoms with Gasteiger partial charge in [0.2, 0.25) is 5.95 Å². The van der Waals surface area contributed by atoms with Gasteiger partial charge in [-0.15, -0.1) is 10.2 Å². The van der Waals surface area contributed by atoms with Crippen LogP contribution < -0.4 is 5.32 Å². The van der Waals surface area contributed by atoms with Crippen LogP contribution in [0.2, 0.25) is 0 Å². The first-order valence-corrected chi connectivity index (χ1v) is 9.67. The Morgan fingerprint density at radius 3 is 2.77 bits per heavy atom. The van der Waals surface area contributed by atoms with Gasteiger partial charge in [-0.3, -0.25) is 9.30 Å². The lowest BCUT2D eigenvalue weighted by atomic mass is 10.1. The van der Waals surface area contributed by atoms with E-state index in [0.717, 1.165) is 38.1 Å². The van der Waals surface area contributed by atoms with Gasteiger partial charge in [-0.1, -0.05) is 0 Å². The number of nitrogens with one attached hydrogen (secondary N) is 1. The lowest BCUT2D eigenvalue weighted by Crippen LogP contribution is -2.43. The van der Waals surface area contributed by atoms with Gasteiger partial charge in [0.05, 0.1) is 17.7 Å². The maximum Gasteiger partial charge on any atom is 0.416 e. The standard InChI is InChI=1S/C20H21F4N5O/c21-16-11-13(20(22,23)24)5-6-15(16)18-17-4-2-8-29(17)19(27-26-18)25-14-3-1-7-28(12-14)9-10-30/h2,4-6,8,11,14,30H,1,3,7,9-10,12H2,(H,25,27). The van der Waals surface area contributed by atoms with Crippen LogP contribution in [0.3, 0.4) is 0 Å². The number of β-amino-alcohol motifs (C(OH)–C–C–N with tert-alkyl or cyclic N) is 1. The molecular weight excluding hydrogens is 402 g/mol. The average Bonchev–Trinajstić information content (AvgIpc) is 3.19. The molecule has 30 heavy (non-hydrogen) atoms. The molecule has 4 rings (SSSR count). The smallest absolute Gasteiger partial charge is 0.395 e. The number of aromatic nitrogens is 3. The van der Waals surface area contributed by atoms with E-state index in [0.29, 0.717) is 24.1 Å². The van der Waals surface area contributed by atoms with Crippen molar-refractivity contribution in [3.63, 3.8) is 0 Å². The molecule has 1 aliphatic rings. The third-order valence-corrected chi connectivity index (χ3v) is 5.27. The Bertz CT molecular complexity index is 1030. The first-order chi connectivity index (χ1) is 14.4. The van der Waals surface area contributed by atoms with Gasteiger partial charge in [0.15, 0.2) is 0 Å². The summed E-state index contributed by atoms with van der Waals surface area (Å²) < 4.78 is 54.7. The molecule has 0 spiro atoms. The van der Waals surface area contributed by atoms with Crippen LogP contribution in [0.5, 0.6) is 0 Å². The van der Waals surface area contributed by atoms with Crippen LogP contribution in [-0.2, 0) is 6.18 Å². The highest BCUT2D eigenvalue weighted by Gasteiger charge is 2.31. The van der Waals surface area contributed by atoms with E-state index < -0.39 is 17.6 Å². The van der Waals surface area contributed by atoms with Gasteiger partial charge in [-0.05, 0) is 49.7 Å². The number of likely N-dealkylation sites (tertiary alicyclic amines) is 1. The van der Waals surface area contributed by atoms with Crippen LogP contribution in [0.4, 0.5) is 23.5 Å². The minimum Gasteiger partial charge on any atom is -0.395 e. The summed E-state index contributed by atoms with van der Waals surface area (Å²) in [4.78, 5) is 2.16. The Morgan fingerprint density at radius 2 is 2.03 bits per heavy atom. The lowest BCUT2D eigenvalue weighted by molar-refractivity contribution is -0.137. The fraction of sp³-hybridized carbons (Fsp3) is 0.400. The molecule has 3 aromatic rings. The summed E-state index contributed by atoms with van der Waals surface area (Å²) in [5, 5.41) is 20.8. The van der Waals surface area contributed by atoms with Crippen LogP contribution in [0.15, 0.2) is 36.5 Å². The highest BCUT2D eigenvalue weighted by molar-refractivity contribution is 5.78. The second kappa shape index (κ2) is 8.19. The monoisotopic (exact) mass is 423 g/mol. The summed E-state index contributed by atoms with van der Waals surface area (Å²) in [6.45, 7) is 2.38. The molecule has 1 saturated heterocycles. The van der Waals surface area contributed by atoms with E-state index in [4.69, 9.17) is 5.11 Å². The van der Waals surface area contributed by atoms with Crippen molar-refractivity contribution in [1.82, 2.24) is 19.5 Å². The summed E-state index contributed by atoms with van der Waals surface area (Å²) in [5.41, 5.74) is -0.389. The Balaban J connectivity index is 1.63. The van der Waals surface area contributed by atoms with Gasteiger partial charge >= 0.3 is 6.18 Å². The van der Waals surface area contributed by atoms with E-state index in [1.54, 1.807) is 22.7 Å². The Labute approximate surface area is 170 Å². The van der Waals surface area contributed by atoms with E-state index in [9.17, 15) is 17.6 Å². The van der Waals surface area contributed by atoms with Crippen molar-refractivity contribution in [3.8, 4) is 11.3 Å². The Morgan fingerprint density at radius 1 is 1.20 bits per heavy atom. The average molecular weight is 423 g/mol. The molecule has 10 heteroatoms. The number of anilines is 1. The van der Waals surface area contributed by atoms with Gasteiger partial charge in [0, 0.05) is 30.9 Å². The number of rotatable bonds is 5. The lowest BCUT2D eigenvalue weighted by Gasteiger charge is -2.32. The zero-order chi connectivity index (χ0) is 21.3. The van der Waals surface area contributed by atoms with Crippen molar-refractivity contribution in [2.24, 2.45) is 0 Å². The highest BCUT2D eigenvalue weighted by atomic mass is 19.4. The summed E-state index contributed by atoms with van der Waals surface area (Å²) >= 11 is 0. The van der Waals surface area contributed by atoms with E-state index >= 15 is 0 Å². The molecule has 3 heterocycles. The molecule has 0 saturated carbocycles. The number of alkyl halides is 3. The maximum atomic E-state index is 14.5. The molecule has 0 amide bonds. The summed E-state index contributed by atoms with van der Waals surface area (Å²) in [6.07, 6.45) is -0.963. The second-order valence-corrected chi connectivity index (χ2v) is 7.34. The normalized spacial score (nSPS) is 18.1. The maximum absolute atomic E-state index is 14.5. The third-order valence-electron chi connectivity index (χ3n) is 5.27. The zero-order valence-corrected chi connectivity index (χ0v) is 16.0. The molecule has 160 valence electrons. The van der Waals surface area contributed by atoms with Gasteiger partial charge in [-0.2, -0.15) is 13.2 Å². The van der Waals surface area contributed by atoms with E-state index in [1.807, 2.05) is 0 Å². The number of fused-ring (bicyclic) bond motifs is 1. The van der Waals surface area contributed by atoms with E-state index in [-0.39, 0.29) is 23.9 Å². The Hall–Kier alpha value is -2.72. The van der Waals surface area contributed by atoms with Gasteiger partial charge < -0.3 is 10.4 Å². The summed E-state index contributed by atoms with van der Waals surface area (Å²) in [6, 6.07) is 5.96. The third kappa shape index (κ3) is 4.10. The molecule has 1 atom stereocenters. The number of halogens is 4. The minimum absolute atomic E-state index is 0.0439. The van der Waals surface area contributed by atoms with Crippen molar-refractivity contribution < 1.29 is 22.7 Å². The van der Waals surface area contributed by atoms with Crippen LogP contribution in [-0.4, -0.2) is 56.9 Å². The number of nitrogens with zero attached hydrogens (tertiary/aromatic N) is 4. The van der Waals surface area contributed by atoms with Crippen molar-refractivity contribution in [1.29, 1.82) is 0 Å². The van der Waals surface area contributed by atoms with E-state index in [2.05, 4.69) is 20.4 Å². The van der Waals surface area contributed by atoms with Gasteiger partial charge in [0.1, 0.15) is 11.5 Å². The number of piperidine rings is 1. The summed E-state index contributed by atoms with van der Waals surface area (Å²) in [5.74, 6) is -0.531. The fourth-order valence-electron chi connectivity index (χ4n) is 3.83. The fourth-order valence-corrected chi connectivity index (χ4v) is 3.83. The topological polar surface area (TPSA) is 65.7 Å². The molecule has 1 aliphatic heterocycles. The molecule has 0 aliphatic carbocycles. The van der Waals surface area contributed by atoms with Crippen LogP contribution in [0.25, 0.3) is 16.8 Å². The van der Waals surface area contributed by atoms with Crippen molar-refractivity contribution in [3.05, 3.63) is 47.9 Å². The molecule has 1 unspecified atom stereocenters. The molecule has 6 nitrogen and oxygen atoms in total. The van der Waals surface area contributed by atoms with Crippen LogP contribution >= 0.6 is 0 Å². The first-order valence-electron chi connectivity index (χ1n) is 9.67. The molecule has 0 bridgehead atoms. The Kier molecular flexibility index (Phi) is 5.61. The second-order valence-electron chi connectivity index (χ2n) is 7.34. The van der Waals surface area contributed by atoms with Crippen molar-refractivity contribution >= 4 is 11.5 Å². The number of benzene rings is 1. The number of aliphatic hydroxyl groups is 1. The zero-order valence-electron chi connectivity index (χ0n) is 16.0. The molecule has 2 aromatic heterocycles. The minimum atomic E-state index is -4.62. The first kappa shape index (κ1) is 20.5. The van der Waals surface area contributed by atoms with Crippen LogP contribution in [0, 0.1) is 5.82 Å². The number of hydrogen-bond acceptors (Lipinski definition) is 5. The highest BCUT2D eigenvalue weighted by Crippen LogP contribution is 2.33.